The SMILES string of the molecule is CC1(CO)CCCC1NC(=O)c1ccc2ncccc2c1. The van der Waals surface area contributed by atoms with E-state index in [-0.39, 0.29) is 24.0 Å². The van der Waals surface area contributed by atoms with Gasteiger partial charge < -0.3 is 10.4 Å². The molecule has 1 heterocycles. The highest BCUT2D eigenvalue weighted by Gasteiger charge is 2.39. The van der Waals surface area contributed by atoms with Gasteiger partial charge in [0.1, 0.15) is 0 Å². The molecular weight excluding hydrogens is 264 g/mol. The highest BCUT2D eigenvalue weighted by atomic mass is 16.3. The van der Waals surface area contributed by atoms with Crippen LogP contribution in [0.3, 0.4) is 0 Å². The molecule has 4 heteroatoms. The number of fused-ring (bicyclic) bond motifs is 1. The quantitative estimate of drug-likeness (QED) is 0.910. The van der Waals surface area contributed by atoms with E-state index in [1.165, 1.54) is 0 Å². The van der Waals surface area contributed by atoms with Gasteiger partial charge >= 0.3 is 0 Å². The van der Waals surface area contributed by atoms with E-state index in [0.29, 0.717) is 5.56 Å². The molecular formula is C17H20N2O2. The maximum Gasteiger partial charge on any atom is 0.251 e. The number of pyridine rings is 1. The Balaban J connectivity index is 1.81. The van der Waals surface area contributed by atoms with E-state index >= 15 is 0 Å². The fraction of sp³-hybridized carbons (Fsp3) is 0.412. The van der Waals surface area contributed by atoms with Gasteiger partial charge in [-0.15, -0.1) is 0 Å². The molecule has 1 amide bonds. The molecule has 2 N–H and O–H groups in total. The van der Waals surface area contributed by atoms with Crippen LogP contribution in [-0.2, 0) is 0 Å². The number of carbonyl (C=O) groups is 1. The number of hydrogen-bond donors (Lipinski definition) is 2. The number of nitrogens with zero attached hydrogens (tertiary/aromatic N) is 1. The van der Waals surface area contributed by atoms with Gasteiger partial charge in [-0.3, -0.25) is 9.78 Å². The molecule has 1 fully saturated rings. The van der Waals surface area contributed by atoms with Crippen LogP contribution in [0, 0.1) is 5.41 Å². The number of aromatic nitrogens is 1. The maximum absolute atomic E-state index is 12.4. The third-order valence-corrected chi connectivity index (χ3v) is 4.61. The van der Waals surface area contributed by atoms with Crippen molar-refractivity contribution in [3.05, 3.63) is 42.1 Å². The van der Waals surface area contributed by atoms with Crippen LogP contribution in [-0.4, -0.2) is 28.6 Å². The van der Waals surface area contributed by atoms with Gasteiger partial charge in [0.2, 0.25) is 0 Å². The Labute approximate surface area is 124 Å². The summed E-state index contributed by atoms with van der Waals surface area (Å²) in [5, 5.41) is 13.6. The van der Waals surface area contributed by atoms with Crippen LogP contribution >= 0.6 is 0 Å². The second kappa shape index (κ2) is 5.45. The minimum atomic E-state index is -0.200. The number of aliphatic hydroxyl groups excluding tert-OH is 1. The summed E-state index contributed by atoms with van der Waals surface area (Å²) in [5.74, 6) is -0.0765. The number of amides is 1. The molecule has 0 radical (unpaired) electrons. The van der Waals surface area contributed by atoms with E-state index in [2.05, 4.69) is 10.3 Å². The van der Waals surface area contributed by atoms with Gasteiger partial charge in [0.25, 0.3) is 5.91 Å². The Hall–Kier alpha value is -1.94. The minimum absolute atomic E-state index is 0.0413. The van der Waals surface area contributed by atoms with Crippen LogP contribution in [0.15, 0.2) is 36.5 Å². The zero-order valence-corrected chi connectivity index (χ0v) is 12.2. The van der Waals surface area contributed by atoms with Crippen molar-refractivity contribution in [3.8, 4) is 0 Å². The highest BCUT2D eigenvalue weighted by Crippen LogP contribution is 2.37. The van der Waals surface area contributed by atoms with Gasteiger partial charge in [-0.2, -0.15) is 0 Å². The average Bonchev–Trinajstić information content (AvgIpc) is 2.88. The summed E-state index contributed by atoms with van der Waals surface area (Å²) in [4.78, 5) is 16.7. The van der Waals surface area contributed by atoms with Crippen LogP contribution < -0.4 is 5.32 Å². The molecule has 21 heavy (non-hydrogen) atoms. The zero-order valence-electron chi connectivity index (χ0n) is 12.2. The molecule has 110 valence electrons. The number of rotatable bonds is 3. The van der Waals surface area contributed by atoms with Gasteiger partial charge in [-0.1, -0.05) is 19.4 Å². The first kappa shape index (κ1) is 14.0. The molecule has 1 saturated carbocycles. The molecule has 0 aliphatic heterocycles. The first-order chi connectivity index (χ1) is 10.1. The number of aliphatic hydroxyl groups is 1. The molecule has 1 aromatic heterocycles. The van der Waals surface area contributed by atoms with Crippen molar-refractivity contribution >= 4 is 16.8 Å². The zero-order chi connectivity index (χ0) is 14.9. The molecule has 4 nitrogen and oxygen atoms in total. The Morgan fingerprint density at radius 3 is 3.14 bits per heavy atom. The van der Waals surface area contributed by atoms with Crippen molar-refractivity contribution in [2.24, 2.45) is 5.41 Å². The van der Waals surface area contributed by atoms with Crippen molar-refractivity contribution in [1.29, 1.82) is 0 Å². The summed E-state index contributed by atoms with van der Waals surface area (Å²) in [7, 11) is 0. The van der Waals surface area contributed by atoms with Crippen LogP contribution in [0.25, 0.3) is 10.9 Å². The molecule has 0 spiro atoms. The van der Waals surface area contributed by atoms with Crippen LogP contribution in [0.1, 0.15) is 36.5 Å². The van der Waals surface area contributed by atoms with Gasteiger partial charge in [-0.25, -0.2) is 0 Å². The Morgan fingerprint density at radius 2 is 2.33 bits per heavy atom. The largest absolute Gasteiger partial charge is 0.396 e. The lowest BCUT2D eigenvalue weighted by Crippen LogP contribution is -2.44. The van der Waals surface area contributed by atoms with Crippen molar-refractivity contribution in [2.45, 2.75) is 32.2 Å². The number of hydrogen-bond acceptors (Lipinski definition) is 3. The molecule has 3 rings (SSSR count). The molecule has 2 atom stereocenters. The summed E-state index contributed by atoms with van der Waals surface area (Å²) in [6, 6.07) is 9.39. The number of nitrogens with one attached hydrogen (secondary N) is 1. The van der Waals surface area contributed by atoms with Crippen molar-refractivity contribution in [1.82, 2.24) is 10.3 Å². The average molecular weight is 284 g/mol. The topological polar surface area (TPSA) is 62.2 Å². The lowest BCUT2D eigenvalue weighted by molar-refractivity contribution is 0.0830. The fourth-order valence-corrected chi connectivity index (χ4v) is 3.13. The van der Waals surface area contributed by atoms with Crippen molar-refractivity contribution in [2.75, 3.05) is 6.61 Å². The van der Waals surface area contributed by atoms with Gasteiger partial charge in [0, 0.05) is 28.6 Å². The maximum atomic E-state index is 12.4. The smallest absolute Gasteiger partial charge is 0.251 e. The molecule has 1 aliphatic rings. The monoisotopic (exact) mass is 284 g/mol. The standard InChI is InChI=1S/C17H20N2O2/c1-17(11-20)8-2-5-15(17)19-16(21)13-6-7-14-12(10-13)4-3-9-18-14/h3-4,6-7,9-10,15,20H,2,5,8,11H2,1H3,(H,19,21). The van der Waals surface area contributed by atoms with E-state index in [0.717, 1.165) is 30.2 Å². The fourth-order valence-electron chi connectivity index (χ4n) is 3.13. The predicted octanol–water partition coefficient (Wildman–Crippen LogP) is 2.52. The first-order valence-corrected chi connectivity index (χ1v) is 7.39. The second-order valence-electron chi connectivity index (χ2n) is 6.14. The summed E-state index contributed by atoms with van der Waals surface area (Å²) in [5.41, 5.74) is 1.33. The van der Waals surface area contributed by atoms with E-state index < -0.39 is 0 Å². The molecule has 1 aliphatic carbocycles. The molecule has 1 aromatic carbocycles. The van der Waals surface area contributed by atoms with Crippen molar-refractivity contribution < 1.29 is 9.90 Å². The Kier molecular flexibility index (Phi) is 3.64. The highest BCUT2D eigenvalue weighted by molar-refractivity contribution is 5.98. The van der Waals surface area contributed by atoms with Gasteiger partial charge in [0.15, 0.2) is 0 Å². The lowest BCUT2D eigenvalue weighted by Gasteiger charge is -2.30. The summed E-state index contributed by atoms with van der Waals surface area (Å²) >= 11 is 0. The summed E-state index contributed by atoms with van der Waals surface area (Å²) < 4.78 is 0. The third kappa shape index (κ3) is 2.63. The lowest BCUT2D eigenvalue weighted by atomic mass is 9.85. The first-order valence-electron chi connectivity index (χ1n) is 7.39. The van der Waals surface area contributed by atoms with E-state index in [9.17, 15) is 9.90 Å². The normalized spacial score (nSPS) is 25.1. The Morgan fingerprint density at radius 1 is 1.48 bits per heavy atom. The van der Waals surface area contributed by atoms with Crippen LogP contribution in [0.2, 0.25) is 0 Å². The predicted molar refractivity (Wildman–Crippen MR) is 82.0 cm³/mol. The van der Waals surface area contributed by atoms with Crippen LogP contribution in [0.4, 0.5) is 0 Å². The summed E-state index contributed by atoms with van der Waals surface area (Å²) in [6.07, 6.45) is 4.67. The Bertz CT molecular complexity index is 671. The van der Waals surface area contributed by atoms with E-state index in [1.807, 2.05) is 31.2 Å². The van der Waals surface area contributed by atoms with E-state index in [4.69, 9.17) is 0 Å². The second-order valence-corrected chi connectivity index (χ2v) is 6.14. The van der Waals surface area contributed by atoms with Gasteiger partial charge in [0.05, 0.1) is 12.1 Å². The number of benzene rings is 1. The molecule has 2 aromatic rings. The van der Waals surface area contributed by atoms with Gasteiger partial charge in [-0.05, 0) is 37.1 Å². The summed E-state index contributed by atoms with van der Waals surface area (Å²) in [6.45, 7) is 2.15. The minimum Gasteiger partial charge on any atom is -0.396 e. The van der Waals surface area contributed by atoms with Crippen LogP contribution in [0.5, 0.6) is 0 Å². The van der Waals surface area contributed by atoms with Crippen molar-refractivity contribution in [3.63, 3.8) is 0 Å². The molecule has 0 saturated heterocycles. The molecule has 2 unspecified atom stereocenters. The van der Waals surface area contributed by atoms with E-state index in [1.54, 1.807) is 12.3 Å². The third-order valence-electron chi connectivity index (χ3n) is 4.61. The number of carbonyl (C=O) groups excluding carboxylic acids is 1. The molecule has 0 bridgehead atoms.